The number of rotatable bonds is 8. The highest BCUT2D eigenvalue weighted by Gasteiger charge is 2.16. The average molecular weight is 214 g/mol. The van der Waals surface area contributed by atoms with Gasteiger partial charge < -0.3 is 10.2 Å². The van der Waals surface area contributed by atoms with Gasteiger partial charge in [-0.05, 0) is 31.8 Å². The van der Waals surface area contributed by atoms with Gasteiger partial charge in [0, 0.05) is 19.1 Å². The third kappa shape index (κ3) is 6.91. The van der Waals surface area contributed by atoms with Gasteiger partial charge >= 0.3 is 0 Å². The Balaban J connectivity index is 3.78. The van der Waals surface area contributed by atoms with Crippen LogP contribution < -0.4 is 5.32 Å². The molecule has 1 N–H and O–H groups in total. The first-order valence-electron chi connectivity index (χ1n) is 6.40. The molecule has 0 spiro atoms. The van der Waals surface area contributed by atoms with Gasteiger partial charge in [-0.1, -0.05) is 34.6 Å². The van der Waals surface area contributed by atoms with E-state index >= 15 is 0 Å². The molecule has 0 aromatic carbocycles. The molecule has 0 aliphatic carbocycles. The Morgan fingerprint density at radius 1 is 1.13 bits per heavy atom. The van der Waals surface area contributed by atoms with E-state index in [1.807, 2.05) is 0 Å². The van der Waals surface area contributed by atoms with Crippen molar-refractivity contribution < 1.29 is 0 Å². The Morgan fingerprint density at radius 2 is 1.67 bits per heavy atom. The Morgan fingerprint density at radius 3 is 2.07 bits per heavy atom. The quantitative estimate of drug-likeness (QED) is 0.668. The zero-order chi connectivity index (χ0) is 11.9. The summed E-state index contributed by atoms with van der Waals surface area (Å²) < 4.78 is 0. The third-order valence-electron chi connectivity index (χ3n) is 3.31. The Labute approximate surface area is 96.4 Å². The van der Waals surface area contributed by atoms with Crippen LogP contribution in [0.4, 0.5) is 0 Å². The van der Waals surface area contributed by atoms with Crippen LogP contribution in [0.1, 0.15) is 48.0 Å². The largest absolute Gasteiger partial charge is 0.312 e. The fourth-order valence-corrected chi connectivity index (χ4v) is 1.51. The van der Waals surface area contributed by atoms with Crippen LogP contribution in [0.25, 0.3) is 0 Å². The summed E-state index contributed by atoms with van der Waals surface area (Å²) in [7, 11) is 0. The molecule has 2 heteroatoms. The van der Waals surface area contributed by atoms with E-state index in [0.29, 0.717) is 11.5 Å². The van der Waals surface area contributed by atoms with Gasteiger partial charge in [-0.25, -0.2) is 0 Å². The minimum atomic E-state index is 0.428. The van der Waals surface area contributed by atoms with E-state index in [1.165, 1.54) is 6.42 Å². The molecule has 0 aromatic heterocycles. The molecule has 0 saturated heterocycles. The van der Waals surface area contributed by atoms with Crippen LogP contribution in [0.15, 0.2) is 0 Å². The van der Waals surface area contributed by atoms with Crippen molar-refractivity contribution in [2.45, 2.75) is 54.0 Å². The first-order valence-corrected chi connectivity index (χ1v) is 6.40. The van der Waals surface area contributed by atoms with Crippen molar-refractivity contribution in [1.29, 1.82) is 0 Å². The molecule has 0 fully saturated rings. The molecule has 0 heterocycles. The maximum absolute atomic E-state index is 3.63. The van der Waals surface area contributed by atoms with E-state index in [4.69, 9.17) is 0 Å². The molecule has 0 radical (unpaired) electrons. The lowest BCUT2D eigenvalue weighted by molar-refractivity contribution is 0.248. The average Bonchev–Trinajstić information content (AvgIpc) is 2.23. The maximum Gasteiger partial charge on any atom is 0.0166 e. The molecular weight excluding hydrogens is 184 g/mol. The van der Waals surface area contributed by atoms with E-state index in [1.54, 1.807) is 0 Å². The molecule has 0 aromatic rings. The van der Waals surface area contributed by atoms with Crippen LogP contribution in [0.5, 0.6) is 0 Å². The van der Waals surface area contributed by atoms with Gasteiger partial charge in [0.2, 0.25) is 0 Å². The minimum Gasteiger partial charge on any atom is -0.312 e. The van der Waals surface area contributed by atoms with Gasteiger partial charge in [-0.2, -0.15) is 0 Å². The maximum atomic E-state index is 3.63. The van der Waals surface area contributed by atoms with Gasteiger partial charge in [0.05, 0.1) is 0 Å². The van der Waals surface area contributed by atoms with E-state index in [2.05, 4.69) is 51.8 Å². The topological polar surface area (TPSA) is 15.3 Å². The smallest absolute Gasteiger partial charge is 0.0166 e. The minimum absolute atomic E-state index is 0.428. The predicted molar refractivity (Wildman–Crippen MR) is 69.3 cm³/mol. The number of likely N-dealkylation sites (N-methyl/N-ethyl adjacent to an activating group) is 1. The summed E-state index contributed by atoms with van der Waals surface area (Å²) >= 11 is 0. The summed E-state index contributed by atoms with van der Waals surface area (Å²) in [5.41, 5.74) is 0.428. The first kappa shape index (κ1) is 14.9. The van der Waals surface area contributed by atoms with Crippen LogP contribution in [0.2, 0.25) is 0 Å². The summed E-state index contributed by atoms with van der Waals surface area (Å²) in [6.07, 6.45) is 1.23. The second kappa shape index (κ2) is 7.24. The molecule has 1 atom stereocenters. The number of hydrogen-bond acceptors (Lipinski definition) is 2. The van der Waals surface area contributed by atoms with Gasteiger partial charge in [0.15, 0.2) is 0 Å². The normalized spacial score (nSPS) is 14.6. The second-order valence-corrected chi connectivity index (χ2v) is 5.29. The summed E-state index contributed by atoms with van der Waals surface area (Å²) in [6, 6.07) is 0.593. The highest BCUT2D eigenvalue weighted by molar-refractivity contribution is 4.73. The van der Waals surface area contributed by atoms with Crippen molar-refractivity contribution in [2.24, 2.45) is 5.41 Å². The van der Waals surface area contributed by atoms with E-state index in [-0.39, 0.29) is 0 Å². The molecule has 0 aliphatic rings. The predicted octanol–water partition coefficient (Wildman–Crippen LogP) is 2.74. The van der Waals surface area contributed by atoms with Crippen molar-refractivity contribution in [2.75, 3.05) is 26.2 Å². The van der Waals surface area contributed by atoms with E-state index in [9.17, 15) is 0 Å². The standard InChI is InChI=1S/C13H30N2/c1-7-13(5,6)11-14-12(4)10-15(8-2)9-3/h12,14H,7-11H2,1-6H3. The number of nitrogens with one attached hydrogen (secondary N) is 1. The van der Waals surface area contributed by atoms with Crippen LogP contribution in [-0.2, 0) is 0 Å². The summed E-state index contributed by atoms with van der Waals surface area (Å²) in [4.78, 5) is 2.47. The molecule has 0 saturated carbocycles. The van der Waals surface area contributed by atoms with Gasteiger partial charge in [0.25, 0.3) is 0 Å². The molecule has 0 aliphatic heterocycles. The second-order valence-electron chi connectivity index (χ2n) is 5.29. The van der Waals surface area contributed by atoms with Crippen molar-refractivity contribution >= 4 is 0 Å². The summed E-state index contributed by atoms with van der Waals surface area (Å²) in [5.74, 6) is 0. The van der Waals surface area contributed by atoms with Crippen LogP contribution in [0, 0.1) is 5.41 Å². The number of hydrogen-bond donors (Lipinski definition) is 1. The monoisotopic (exact) mass is 214 g/mol. The molecule has 15 heavy (non-hydrogen) atoms. The molecule has 92 valence electrons. The highest BCUT2D eigenvalue weighted by atomic mass is 15.1. The zero-order valence-electron chi connectivity index (χ0n) is 11.6. The van der Waals surface area contributed by atoms with Crippen molar-refractivity contribution in [3.8, 4) is 0 Å². The van der Waals surface area contributed by atoms with E-state index < -0.39 is 0 Å². The SMILES string of the molecule is CCN(CC)CC(C)NCC(C)(C)CC. The molecule has 0 bridgehead atoms. The third-order valence-corrected chi connectivity index (χ3v) is 3.31. The molecule has 2 nitrogen and oxygen atoms in total. The van der Waals surface area contributed by atoms with Crippen LogP contribution in [-0.4, -0.2) is 37.1 Å². The van der Waals surface area contributed by atoms with Gasteiger partial charge in [0.1, 0.15) is 0 Å². The Bertz CT molecular complexity index is 151. The highest BCUT2D eigenvalue weighted by Crippen LogP contribution is 2.17. The number of nitrogens with zero attached hydrogens (tertiary/aromatic N) is 1. The summed E-state index contributed by atoms with van der Waals surface area (Å²) in [6.45, 7) is 18.2. The van der Waals surface area contributed by atoms with Crippen molar-refractivity contribution in [3.05, 3.63) is 0 Å². The Hall–Kier alpha value is -0.0800. The fourth-order valence-electron chi connectivity index (χ4n) is 1.51. The van der Waals surface area contributed by atoms with E-state index in [0.717, 1.165) is 26.2 Å². The zero-order valence-corrected chi connectivity index (χ0v) is 11.6. The van der Waals surface area contributed by atoms with Gasteiger partial charge in [-0.3, -0.25) is 0 Å². The lowest BCUT2D eigenvalue weighted by Gasteiger charge is -2.28. The van der Waals surface area contributed by atoms with Crippen molar-refractivity contribution in [3.63, 3.8) is 0 Å². The molecule has 1 unspecified atom stereocenters. The first-order chi connectivity index (χ1) is 6.95. The summed E-state index contributed by atoms with van der Waals surface area (Å²) in [5, 5.41) is 3.63. The van der Waals surface area contributed by atoms with Gasteiger partial charge in [-0.15, -0.1) is 0 Å². The fraction of sp³-hybridized carbons (Fsp3) is 1.00. The van der Waals surface area contributed by atoms with Crippen molar-refractivity contribution in [1.82, 2.24) is 10.2 Å². The Kier molecular flexibility index (Phi) is 7.20. The van der Waals surface area contributed by atoms with Crippen LogP contribution >= 0.6 is 0 Å². The lowest BCUT2D eigenvalue weighted by atomic mass is 9.90. The molecule has 0 amide bonds. The lowest BCUT2D eigenvalue weighted by Crippen LogP contribution is -2.42. The van der Waals surface area contributed by atoms with Crippen LogP contribution in [0.3, 0.4) is 0 Å². The molecular formula is C13H30N2. The molecule has 0 rings (SSSR count).